The average Bonchev–Trinajstić information content (AvgIpc) is 3.21. The zero-order valence-electron chi connectivity index (χ0n) is 15.3. The summed E-state index contributed by atoms with van der Waals surface area (Å²) in [7, 11) is 5.18. The molecule has 0 radical (unpaired) electrons. The molecular formula is C19H21N3O3S. The minimum Gasteiger partial charge on any atom is -0.493 e. The number of aromatic nitrogens is 2. The van der Waals surface area contributed by atoms with Gasteiger partial charge in [-0.05, 0) is 42.7 Å². The van der Waals surface area contributed by atoms with Crippen LogP contribution < -0.4 is 9.47 Å². The maximum Gasteiger partial charge on any atom is 0.264 e. The van der Waals surface area contributed by atoms with E-state index < -0.39 is 0 Å². The first-order valence-electron chi connectivity index (χ1n) is 8.48. The van der Waals surface area contributed by atoms with Gasteiger partial charge in [0.2, 0.25) is 0 Å². The van der Waals surface area contributed by atoms with Crippen LogP contribution in [0.3, 0.4) is 0 Å². The molecule has 0 spiro atoms. The molecule has 0 aliphatic carbocycles. The number of fused-ring (bicyclic) bond motifs is 2. The van der Waals surface area contributed by atoms with Crippen LogP contribution in [0.15, 0.2) is 18.2 Å². The number of amides is 1. The van der Waals surface area contributed by atoms with E-state index in [1.165, 1.54) is 16.9 Å². The van der Waals surface area contributed by atoms with Crippen LogP contribution in [0.2, 0.25) is 0 Å². The molecule has 6 nitrogen and oxygen atoms in total. The number of ether oxygens (including phenoxy) is 2. The number of benzene rings is 1. The molecule has 136 valence electrons. The molecule has 1 aromatic carbocycles. The van der Waals surface area contributed by atoms with Crippen molar-refractivity contribution in [2.24, 2.45) is 7.05 Å². The molecule has 0 fully saturated rings. The number of hydrogen-bond donors (Lipinski definition) is 0. The summed E-state index contributed by atoms with van der Waals surface area (Å²) in [6, 6.07) is 5.96. The lowest BCUT2D eigenvalue weighted by Crippen LogP contribution is -2.35. The van der Waals surface area contributed by atoms with E-state index in [1.54, 1.807) is 14.2 Å². The van der Waals surface area contributed by atoms with Gasteiger partial charge in [0, 0.05) is 25.5 Å². The average molecular weight is 371 g/mol. The van der Waals surface area contributed by atoms with E-state index in [4.69, 9.17) is 9.47 Å². The maximum absolute atomic E-state index is 13.0. The van der Waals surface area contributed by atoms with E-state index >= 15 is 0 Å². The largest absolute Gasteiger partial charge is 0.493 e. The van der Waals surface area contributed by atoms with Crippen LogP contribution >= 0.6 is 11.3 Å². The third kappa shape index (κ3) is 2.63. The predicted octanol–water partition coefficient (Wildman–Crippen LogP) is 3.16. The van der Waals surface area contributed by atoms with Gasteiger partial charge >= 0.3 is 0 Å². The Kier molecular flexibility index (Phi) is 4.11. The van der Waals surface area contributed by atoms with E-state index in [1.807, 2.05) is 41.8 Å². The minimum atomic E-state index is 0.0750. The quantitative estimate of drug-likeness (QED) is 0.710. The molecule has 4 rings (SSSR count). The summed E-state index contributed by atoms with van der Waals surface area (Å²) >= 11 is 1.51. The number of hydrogen-bond acceptors (Lipinski definition) is 5. The van der Waals surface area contributed by atoms with Crippen molar-refractivity contribution >= 4 is 27.5 Å². The van der Waals surface area contributed by atoms with Gasteiger partial charge in [-0.25, -0.2) is 0 Å². The second kappa shape index (κ2) is 6.32. The summed E-state index contributed by atoms with van der Waals surface area (Å²) in [4.78, 5) is 16.7. The summed E-state index contributed by atoms with van der Waals surface area (Å²) in [6.45, 7) is 3.26. The SMILES string of the molecule is COc1cc2c(cc1OC)CN(C(=O)c1cc3c(C)nn(C)c3s1)CC2. The Morgan fingerprint density at radius 2 is 1.85 bits per heavy atom. The van der Waals surface area contributed by atoms with Crippen molar-refractivity contribution < 1.29 is 14.3 Å². The van der Waals surface area contributed by atoms with Crippen LogP contribution in [-0.2, 0) is 20.0 Å². The van der Waals surface area contributed by atoms with Crippen LogP contribution in [0.25, 0.3) is 10.2 Å². The van der Waals surface area contributed by atoms with Crippen LogP contribution in [0, 0.1) is 6.92 Å². The second-order valence-electron chi connectivity index (χ2n) is 6.49. The monoisotopic (exact) mass is 371 g/mol. The summed E-state index contributed by atoms with van der Waals surface area (Å²) < 4.78 is 12.6. The van der Waals surface area contributed by atoms with E-state index in [0.717, 1.165) is 38.5 Å². The second-order valence-corrected chi connectivity index (χ2v) is 7.52. The lowest BCUT2D eigenvalue weighted by molar-refractivity contribution is 0.0739. The third-order valence-corrected chi connectivity index (χ3v) is 6.10. The number of aryl methyl sites for hydroxylation is 2. The van der Waals surface area contributed by atoms with Gasteiger partial charge in [0.25, 0.3) is 5.91 Å². The lowest BCUT2D eigenvalue weighted by atomic mass is 9.98. The number of methoxy groups -OCH3 is 2. The van der Waals surface area contributed by atoms with Gasteiger partial charge < -0.3 is 14.4 Å². The molecule has 1 aliphatic rings. The maximum atomic E-state index is 13.0. The highest BCUT2D eigenvalue weighted by Crippen LogP contribution is 2.34. The third-order valence-electron chi connectivity index (χ3n) is 4.91. The molecule has 3 heterocycles. The van der Waals surface area contributed by atoms with Gasteiger partial charge in [-0.3, -0.25) is 9.48 Å². The van der Waals surface area contributed by atoms with Crippen molar-refractivity contribution in [3.63, 3.8) is 0 Å². The van der Waals surface area contributed by atoms with Crippen molar-refractivity contribution in [3.8, 4) is 11.5 Å². The molecule has 0 bridgehead atoms. The van der Waals surface area contributed by atoms with Crippen molar-refractivity contribution in [2.45, 2.75) is 19.9 Å². The van der Waals surface area contributed by atoms with Gasteiger partial charge in [0.15, 0.2) is 11.5 Å². The van der Waals surface area contributed by atoms with E-state index in [2.05, 4.69) is 5.10 Å². The molecule has 7 heteroatoms. The Labute approximate surface area is 155 Å². The molecule has 26 heavy (non-hydrogen) atoms. The molecule has 0 saturated heterocycles. The summed E-state index contributed by atoms with van der Waals surface area (Å²) in [5.41, 5.74) is 3.28. The number of carbonyl (C=O) groups excluding carboxylic acids is 1. The first kappa shape index (κ1) is 16.9. The van der Waals surface area contributed by atoms with Crippen LogP contribution in [0.5, 0.6) is 11.5 Å². The summed E-state index contributed by atoms with van der Waals surface area (Å²) in [5, 5.41) is 5.46. The Morgan fingerprint density at radius 3 is 2.50 bits per heavy atom. The number of carbonyl (C=O) groups is 1. The van der Waals surface area contributed by atoms with E-state index in [-0.39, 0.29) is 5.91 Å². The van der Waals surface area contributed by atoms with E-state index in [0.29, 0.717) is 18.8 Å². The number of rotatable bonds is 3. The van der Waals surface area contributed by atoms with Crippen LogP contribution in [-0.4, -0.2) is 41.4 Å². The molecular weight excluding hydrogens is 350 g/mol. The summed E-state index contributed by atoms with van der Waals surface area (Å²) in [6.07, 6.45) is 0.812. The lowest BCUT2D eigenvalue weighted by Gasteiger charge is -2.29. The zero-order chi connectivity index (χ0) is 18.4. The molecule has 0 unspecified atom stereocenters. The summed E-state index contributed by atoms with van der Waals surface area (Å²) in [5.74, 6) is 1.51. The van der Waals surface area contributed by atoms with Crippen molar-refractivity contribution in [3.05, 3.63) is 39.9 Å². The number of thiophene rings is 1. The fraction of sp³-hybridized carbons (Fsp3) is 0.368. The highest BCUT2D eigenvalue weighted by molar-refractivity contribution is 7.20. The standard InChI is InChI=1S/C19H21N3O3S/c1-11-14-9-17(26-19(14)21(2)20-11)18(23)22-6-5-12-7-15(24-3)16(25-4)8-13(12)10-22/h7-9H,5-6,10H2,1-4H3. The molecule has 1 amide bonds. The van der Waals surface area contributed by atoms with Gasteiger partial charge in [-0.2, -0.15) is 5.10 Å². The normalized spacial score (nSPS) is 13.8. The van der Waals surface area contributed by atoms with Gasteiger partial charge in [0.1, 0.15) is 4.83 Å². The van der Waals surface area contributed by atoms with Crippen LogP contribution in [0.4, 0.5) is 0 Å². The molecule has 2 aromatic heterocycles. The molecule has 3 aromatic rings. The van der Waals surface area contributed by atoms with Crippen molar-refractivity contribution in [1.29, 1.82) is 0 Å². The Bertz CT molecular complexity index is 971. The van der Waals surface area contributed by atoms with E-state index in [9.17, 15) is 4.79 Å². The highest BCUT2D eigenvalue weighted by Gasteiger charge is 2.25. The van der Waals surface area contributed by atoms with Crippen molar-refractivity contribution in [1.82, 2.24) is 14.7 Å². The number of nitrogens with zero attached hydrogens (tertiary/aromatic N) is 3. The smallest absolute Gasteiger partial charge is 0.264 e. The fourth-order valence-corrected chi connectivity index (χ4v) is 4.61. The van der Waals surface area contributed by atoms with Gasteiger partial charge in [-0.1, -0.05) is 0 Å². The zero-order valence-corrected chi connectivity index (χ0v) is 16.1. The Hall–Kier alpha value is -2.54. The van der Waals surface area contributed by atoms with Gasteiger partial charge in [0.05, 0.1) is 24.8 Å². The Morgan fingerprint density at radius 1 is 1.15 bits per heavy atom. The minimum absolute atomic E-state index is 0.0750. The first-order chi connectivity index (χ1) is 12.5. The van der Waals surface area contributed by atoms with Crippen molar-refractivity contribution in [2.75, 3.05) is 20.8 Å². The highest BCUT2D eigenvalue weighted by atomic mass is 32.1. The molecule has 0 saturated carbocycles. The predicted molar refractivity (Wildman–Crippen MR) is 101 cm³/mol. The topological polar surface area (TPSA) is 56.6 Å². The fourth-order valence-electron chi connectivity index (χ4n) is 3.52. The molecule has 0 atom stereocenters. The molecule has 1 aliphatic heterocycles. The van der Waals surface area contributed by atoms with Crippen LogP contribution in [0.1, 0.15) is 26.5 Å². The molecule has 0 N–H and O–H groups in total. The Balaban J connectivity index is 1.63. The first-order valence-corrected chi connectivity index (χ1v) is 9.29. The van der Waals surface area contributed by atoms with Gasteiger partial charge in [-0.15, -0.1) is 11.3 Å².